The SMILES string of the molecule is CC/C=C(\N)N1CCC(CN2CCN(c3ccc(N4CCC(=O)NC4=O)cn3)CC2)CC1. The highest BCUT2D eigenvalue weighted by molar-refractivity contribution is 6.05. The summed E-state index contributed by atoms with van der Waals surface area (Å²) in [7, 11) is 0. The Hall–Kier alpha value is -2.81. The van der Waals surface area contributed by atoms with Gasteiger partial charge in [-0.05, 0) is 43.4 Å². The quantitative estimate of drug-likeness (QED) is 0.691. The molecule has 3 aliphatic rings. The van der Waals surface area contributed by atoms with Gasteiger partial charge in [-0.2, -0.15) is 0 Å². The Morgan fingerprint density at radius 1 is 1.12 bits per heavy atom. The third kappa shape index (κ3) is 5.32. The van der Waals surface area contributed by atoms with Crippen LogP contribution in [0.3, 0.4) is 0 Å². The average molecular weight is 442 g/mol. The molecule has 0 atom stereocenters. The molecule has 1 aromatic heterocycles. The van der Waals surface area contributed by atoms with Crippen LogP contribution >= 0.6 is 0 Å². The topological polar surface area (TPSA) is 98.0 Å². The van der Waals surface area contributed by atoms with Crippen molar-refractivity contribution in [3.63, 3.8) is 0 Å². The van der Waals surface area contributed by atoms with Gasteiger partial charge in [-0.25, -0.2) is 9.78 Å². The maximum Gasteiger partial charge on any atom is 0.328 e. The Morgan fingerprint density at radius 3 is 2.50 bits per heavy atom. The number of likely N-dealkylation sites (tertiary alicyclic amines) is 1. The van der Waals surface area contributed by atoms with Crippen molar-refractivity contribution in [2.24, 2.45) is 11.7 Å². The zero-order valence-electron chi connectivity index (χ0n) is 19.0. The number of hydrogen-bond acceptors (Lipinski definition) is 7. The number of carbonyl (C=O) groups excluding carboxylic acids is 2. The average Bonchev–Trinajstić information content (AvgIpc) is 2.80. The molecule has 0 bridgehead atoms. The van der Waals surface area contributed by atoms with E-state index in [0.717, 1.165) is 75.5 Å². The van der Waals surface area contributed by atoms with Crippen LogP contribution in [0.4, 0.5) is 16.3 Å². The largest absolute Gasteiger partial charge is 0.386 e. The Kier molecular flexibility index (Phi) is 7.14. The molecule has 3 N–H and O–H groups in total. The monoisotopic (exact) mass is 441 g/mol. The fraction of sp³-hybridized carbons (Fsp3) is 0.609. The molecule has 0 saturated carbocycles. The molecule has 3 amide bonds. The molecule has 0 aliphatic carbocycles. The van der Waals surface area contributed by atoms with Crippen LogP contribution in [0.15, 0.2) is 30.2 Å². The summed E-state index contributed by atoms with van der Waals surface area (Å²) in [4.78, 5) is 36.7. The van der Waals surface area contributed by atoms with Gasteiger partial charge in [0, 0.05) is 58.8 Å². The van der Waals surface area contributed by atoms with Crippen molar-refractivity contribution in [2.75, 3.05) is 62.2 Å². The molecule has 0 aromatic carbocycles. The molecular formula is C23H35N7O2. The zero-order valence-corrected chi connectivity index (χ0v) is 19.0. The molecule has 1 aromatic rings. The minimum absolute atomic E-state index is 0.225. The minimum Gasteiger partial charge on any atom is -0.386 e. The lowest BCUT2D eigenvalue weighted by Gasteiger charge is -2.39. The minimum atomic E-state index is -0.376. The molecule has 9 heteroatoms. The normalized spacial score (nSPS) is 21.8. The smallest absolute Gasteiger partial charge is 0.328 e. The summed E-state index contributed by atoms with van der Waals surface area (Å²) in [5.74, 6) is 2.39. The maximum atomic E-state index is 12.0. The van der Waals surface area contributed by atoms with E-state index in [1.54, 1.807) is 11.1 Å². The van der Waals surface area contributed by atoms with E-state index in [1.807, 2.05) is 12.1 Å². The molecule has 4 heterocycles. The Bertz CT molecular complexity index is 825. The van der Waals surface area contributed by atoms with Gasteiger partial charge in [0.15, 0.2) is 0 Å². The predicted molar refractivity (Wildman–Crippen MR) is 125 cm³/mol. The van der Waals surface area contributed by atoms with E-state index in [-0.39, 0.29) is 11.9 Å². The third-order valence-electron chi connectivity index (χ3n) is 6.70. The van der Waals surface area contributed by atoms with E-state index in [2.05, 4.69) is 38.0 Å². The number of piperidine rings is 1. The molecular weight excluding hydrogens is 406 g/mol. The fourth-order valence-electron chi connectivity index (χ4n) is 4.77. The lowest BCUT2D eigenvalue weighted by molar-refractivity contribution is -0.120. The molecule has 4 rings (SSSR count). The van der Waals surface area contributed by atoms with Crippen LogP contribution in [0.5, 0.6) is 0 Å². The van der Waals surface area contributed by atoms with Crippen molar-refractivity contribution in [3.05, 3.63) is 30.2 Å². The van der Waals surface area contributed by atoms with Gasteiger partial charge in [0.25, 0.3) is 0 Å². The maximum absolute atomic E-state index is 12.0. The van der Waals surface area contributed by atoms with Gasteiger partial charge >= 0.3 is 6.03 Å². The van der Waals surface area contributed by atoms with Gasteiger partial charge in [-0.1, -0.05) is 6.92 Å². The number of anilines is 2. The number of allylic oxidation sites excluding steroid dienone is 1. The van der Waals surface area contributed by atoms with Crippen LogP contribution in [0.25, 0.3) is 0 Å². The number of carbonyl (C=O) groups is 2. The second-order valence-electron chi connectivity index (χ2n) is 8.88. The van der Waals surface area contributed by atoms with Crippen LogP contribution < -0.4 is 20.9 Å². The number of nitrogens with one attached hydrogen (secondary N) is 1. The Balaban J connectivity index is 1.22. The number of imide groups is 1. The number of pyridine rings is 1. The second-order valence-corrected chi connectivity index (χ2v) is 8.88. The van der Waals surface area contributed by atoms with E-state index in [4.69, 9.17) is 5.73 Å². The summed E-state index contributed by atoms with van der Waals surface area (Å²) in [6.07, 6.45) is 7.56. The predicted octanol–water partition coefficient (Wildman–Crippen LogP) is 1.57. The fourth-order valence-corrected chi connectivity index (χ4v) is 4.77. The number of aromatic nitrogens is 1. The number of nitrogens with two attached hydrogens (primary N) is 1. The second kappa shape index (κ2) is 10.2. The van der Waals surface area contributed by atoms with Gasteiger partial charge in [-0.3, -0.25) is 19.9 Å². The van der Waals surface area contributed by atoms with Crippen LogP contribution in [0.1, 0.15) is 32.6 Å². The van der Waals surface area contributed by atoms with Gasteiger partial charge in [-0.15, -0.1) is 0 Å². The molecule has 0 unspecified atom stereocenters. The van der Waals surface area contributed by atoms with Crippen molar-refractivity contribution in [2.45, 2.75) is 32.6 Å². The summed E-state index contributed by atoms with van der Waals surface area (Å²) in [6, 6.07) is 3.51. The first-order valence-corrected chi connectivity index (χ1v) is 11.8. The standard InChI is InChI=1S/C23H35N7O2/c1-2-3-20(24)28-9-6-18(7-10-28)17-27-12-14-29(15-13-27)21-5-4-19(16-25-21)30-11-8-22(31)26-23(30)32/h3-5,16,18H,2,6-15,17,24H2,1H3,(H,26,31,32)/b20-3+. The third-order valence-corrected chi connectivity index (χ3v) is 6.70. The van der Waals surface area contributed by atoms with Gasteiger partial charge < -0.3 is 15.5 Å². The molecule has 3 saturated heterocycles. The van der Waals surface area contributed by atoms with Gasteiger partial charge in [0.05, 0.1) is 17.7 Å². The molecule has 3 aliphatic heterocycles. The van der Waals surface area contributed by atoms with Crippen molar-refractivity contribution in [3.8, 4) is 0 Å². The lowest BCUT2D eigenvalue weighted by atomic mass is 9.96. The van der Waals surface area contributed by atoms with Crippen LogP contribution in [0.2, 0.25) is 0 Å². The van der Waals surface area contributed by atoms with Crippen LogP contribution in [-0.4, -0.2) is 79.1 Å². The first kappa shape index (κ1) is 22.4. The number of hydrogen-bond donors (Lipinski definition) is 2. The highest BCUT2D eigenvalue weighted by Crippen LogP contribution is 2.23. The molecule has 0 spiro atoms. The van der Waals surface area contributed by atoms with Crippen LogP contribution in [-0.2, 0) is 4.79 Å². The van der Waals surface area contributed by atoms with Gasteiger partial charge in [0.2, 0.25) is 5.91 Å². The van der Waals surface area contributed by atoms with Crippen molar-refractivity contribution in [1.82, 2.24) is 20.1 Å². The first-order valence-electron chi connectivity index (χ1n) is 11.8. The van der Waals surface area contributed by atoms with E-state index in [1.165, 1.54) is 12.8 Å². The number of urea groups is 1. The molecule has 32 heavy (non-hydrogen) atoms. The van der Waals surface area contributed by atoms with E-state index in [9.17, 15) is 9.59 Å². The highest BCUT2D eigenvalue weighted by atomic mass is 16.2. The van der Waals surface area contributed by atoms with E-state index >= 15 is 0 Å². The van der Waals surface area contributed by atoms with Crippen LogP contribution in [0, 0.1) is 5.92 Å². The van der Waals surface area contributed by atoms with E-state index in [0.29, 0.717) is 13.0 Å². The van der Waals surface area contributed by atoms with Gasteiger partial charge in [0.1, 0.15) is 5.82 Å². The Labute approximate surface area is 190 Å². The van der Waals surface area contributed by atoms with Crippen molar-refractivity contribution in [1.29, 1.82) is 0 Å². The summed E-state index contributed by atoms with van der Waals surface area (Å²) < 4.78 is 0. The van der Waals surface area contributed by atoms with E-state index < -0.39 is 0 Å². The number of amides is 3. The highest BCUT2D eigenvalue weighted by Gasteiger charge is 2.26. The molecule has 3 fully saturated rings. The number of piperazine rings is 1. The summed E-state index contributed by atoms with van der Waals surface area (Å²) in [5, 5.41) is 2.35. The summed E-state index contributed by atoms with van der Waals surface area (Å²) in [5.41, 5.74) is 6.87. The Morgan fingerprint density at radius 2 is 1.88 bits per heavy atom. The molecule has 174 valence electrons. The lowest BCUT2D eigenvalue weighted by Crippen LogP contribution is -2.50. The number of nitrogens with zero attached hydrogens (tertiary/aromatic N) is 5. The zero-order chi connectivity index (χ0) is 22.5. The van der Waals surface area contributed by atoms with Crippen molar-refractivity contribution < 1.29 is 9.59 Å². The first-order chi connectivity index (χ1) is 15.5. The summed E-state index contributed by atoms with van der Waals surface area (Å²) in [6.45, 7) is 9.79. The summed E-state index contributed by atoms with van der Waals surface area (Å²) >= 11 is 0. The van der Waals surface area contributed by atoms with Crippen molar-refractivity contribution >= 4 is 23.4 Å². The molecule has 9 nitrogen and oxygen atoms in total. The molecule has 0 radical (unpaired) electrons. The number of rotatable bonds is 6.